The molecule has 30 heavy (non-hydrogen) atoms. The van der Waals surface area contributed by atoms with Crippen LogP contribution in [-0.4, -0.2) is 20.6 Å². The molecule has 0 saturated heterocycles. The lowest BCUT2D eigenvalue weighted by Crippen LogP contribution is -2.30. The second-order valence-corrected chi connectivity index (χ2v) is 9.55. The average molecular weight is 445 g/mol. The van der Waals surface area contributed by atoms with Crippen LogP contribution in [0, 0.1) is 5.82 Å². The third-order valence-electron chi connectivity index (χ3n) is 4.15. The van der Waals surface area contributed by atoms with Crippen LogP contribution >= 0.6 is 11.8 Å². The van der Waals surface area contributed by atoms with Crippen LogP contribution in [0.25, 0.3) is 0 Å². The third kappa shape index (κ3) is 6.69. The number of halogens is 1. The maximum Gasteiger partial charge on any atom is 0.226 e. The molecule has 1 amide bonds. The zero-order chi connectivity index (χ0) is 21.6. The highest BCUT2D eigenvalue weighted by Crippen LogP contribution is 2.33. The summed E-state index contributed by atoms with van der Waals surface area (Å²) in [5, 5.41) is 2.86. The summed E-state index contributed by atoms with van der Waals surface area (Å²) in [7, 11) is -3.58. The van der Waals surface area contributed by atoms with Gasteiger partial charge in [0, 0.05) is 16.2 Å². The minimum absolute atomic E-state index is 0.136. The summed E-state index contributed by atoms with van der Waals surface area (Å²) in [5.41, 5.74) is 1.14. The Balaban J connectivity index is 1.76. The van der Waals surface area contributed by atoms with E-state index in [2.05, 4.69) is 10.0 Å². The molecule has 5 nitrogen and oxygen atoms in total. The van der Waals surface area contributed by atoms with Gasteiger partial charge in [0.05, 0.1) is 18.0 Å². The van der Waals surface area contributed by atoms with Gasteiger partial charge >= 0.3 is 0 Å². The number of nitrogens with one attached hydrogen (secondary N) is 2. The first-order valence-corrected chi connectivity index (χ1v) is 11.9. The largest absolute Gasteiger partial charge is 0.325 e. The molecule has 0 aliphatic carbocycles. The Morgan fingerprint density at radius 1 is 0.967 bits per heavy atom. The third-order valence-corrected chi connectivity index (χ3v) is 5.95. The molecule has 8 heteroatoms. The number of benzene rings is 3. The molecule has 1 atom stereocenters. The lowest BCUT2D eigenvalue weighted by Gasteiger charge is -2.18. The van der Waals surface area contributed by atoms with Crippen LogP contribution in [0.5, 0.6) is 0 Å². The monoisotopic (exact) mass is 444 g/mol. The number of carbonyl (C=O) groups is 1. The molecule has 1 unspecified atom stereocenters. The molecule has 0 fully saturated rings. The molecule has 0 spiro atoms. The number of rotatable bonds is 8. The summed E-state index contributed by atoms with van der Waals surface area (Å²) in [4.78, 5) is 14.6. The zero-order valence-electron chi connectivity index (χ0n) is 16.2. The molecule has 0 bridgehead atoms. The molecule has 3 rings (SSSR count). The van der Waals surface area contributed by atoms with Crippen LogP contribution < -0.4 is 10.0 Å². The van der Waals surface area contributed by atoms with Gasteiger partial charge in [-0.3, -0.25) is 4.79 Å². The van der Waals surface area contributed by atoms with Crippen molar-refractivity contribution in [2.45, 2.75) is 22.3 Å². The zero-order valence-corrected chi connectivity index (χ0v) is 17.8. The van der Waals surface area contributed by atoms with Gasteiger partial charge in [-0.25, -0.2) is 17.5 Å². The molecule has 0 aliphatic rings. The number of sulfonamides is 1. The van der Waals surface area contributed by atoms with Gasteiger partial charge in [-0.2, -0.15) is 0 Å². The molecule has 3 aromatic rings. The minimum atomic E-state index is -3.58. The Kier molecular flexibility index (Phi) is 7.25. The fourth-order valence-corrected chi connectivity index (χ4v) is 4.50. The second-order valence-electron chi connectivity index (χ2n) is 6.66. The number of carbonyl (C=O) groups excluding carboxylic acids is 1. The maximum atomic E-state index is 13.2. The summed E-state index contributed by atoms with van der Waals surface area (Å²) < 4.78 is 39.2. The van der Waals surface area contributed by atoms with Gasteiger partial charge in [-0.15, -0.1) is 0 Å². The Labute approximate surface area is 179 Å². The molecule has 0 aromatic heterocycles. The van der Waals surface area contributed by atoms with Crippen LogP contribution in [0.15, 0.2) is 88.7 Å². The Morgan fingerprint density at radius 2 is 1.60 bits per heavy atom. The summed E-state index contributed by atoms with van der Waals surface area (Å²) in [6.45, 7) is 0. The normalized spacial score (nSPS) is 12.3. The summed E-state index contributed by atoms with van der Waals surface area (Å²) in [6.07, 6.45) is 0.885. The first kappa shape index (κ1) is 22.0. The predicted molar refractivity (Wildman–Crippen MR) is 117 cm³/mol. The van der Waals surface area contributed by atoms with Gasteiger partial charge in [-0.1, -0.05) is 54.2 Å². The van der Waals surface area contributed by atoms with Crippen LogP contribution in [0.1, 0.15) is 18.0 Å². The van der Waals surface area contributed by atoms with Crippen molar-refractivity contribution < 1.29 is 17.6 Å². The standard InChI is InChI=1S/C22H21FN2O3S2/c1-30(27,28)25-20(16-11-13-17(23)14-12-16)15-22(26)24-19-9-5-6-10-21(19)29-18-7-3-2-4-8-18/h2-14,20,25H,15H2,1H3,(H,24,26). The van der Waals surface area contributed by atoms with Crippen molar-refractivity contribution in [3.8, 4) is 0 Å². The van der Waals surface area contributed by atoms with Gasteiger partial charge in [0.2, 0.25) is 15.9 Å². The molecule has 0 heterocycles. The topological polar surface area (TPSA) is 75.3 Å². The highest BCUT2D eigenvalue weighted by molar-refractivity contribution is 7.99. The van der Waals surface area contributed by atoms with Gasteiger partial charge in [-0.05, 0) is 42.0 Å². The van der Waals surface area contributed by atoms with E-state index < -0.39 is 21.9 Å². The number of anilines is 1. The van der Waals surface area contributed by atoms with E-state index in [0.717, 1.165) is 16.0 Å². The Bertz CT molecular complexity index is 1100. The minimum Gasteiger partial charge on any atom is -0.325 e. The smallest absolute Gasteiger partial charge is 0.226 e. The maximum absolute atomic E-state index is 13.2. The Morgan fingerprint density at radius 3 is 2.27 bits per heavy atom. The highest BCUT2D eigenvalue weighted by atomic mass is 32.2. The fourth-order valence-electron chi connectivity index (χ4n) is 2.84. The van der Waals surface area contributed by atoms with E-state index in [9.17, 15) is 17.6 Å². The molecule has 3 aromatic carbocycles. The summed E-state index contributed by atoms with van der Waals surface area (Å²) in [5.74, 6) is -0.797. The van der Waals surface area contributed by atoms with Gasteiger partial charge in [0.25, 0.3) is 0 Å². The SMILES string of the molecule is CS(=O)(=O)NC(CC(=O)Nc1ccccc1Sc1ccccc1)c1ccc(F)cc1. The van der Waals surface area contributed by atoms with Gasteiger partial charge < -0.3 is 5.32 Å². The number of hydrogen-bond acceptors (Lipinski definition) is 4. The van der Waals surface area contributed by atoms with Crippen LogP contribution in [0.4, 0.5) is 10.1 Å². The molecule has 0 aliphatic heterocycles. The number of amides is 1. The number of hydrogen-bond donors (Lipinski definition) is 2. The quantitative estimate of drug-likeness (QED) is 0.533. The summed E-state index contributed by atoms with van der Waals surface area (Å²) >= 11 is 1.52. The number of para-hydroxylation sites is 1. The first-order valence-electron chi connectivity index (χ1n) is 9.15. The lowest BCUT2D eigenvalue weighted by atomic mass is 10.0. The first-order chi connectivity index (χ1) is 14.3. The van der Waals surface area contributed by atoms with E-state index >= 15 is 0 Å². The van der Waals surface area contributed by atoms with Crippen molar-refractivity contribution in [1.29, 1.82) is 0 Å². The van der Waals surface area contributed by atoms with Crippen molar-refractivity contribution in [2.75, 3.05) is 11.6 Å². The van der Waals surface area contributed by atoms with Crippen molar-refractivity contribution >= 4 is 33.4 Å². The van der Waals surface area contributed by atoms with Gasteiger partial charge in [0.1, 0.15) is 5.82 Å². The van der Waals surface area contributed by atoms with E-state index in [1.54, 1.807) is 6.07 Å². The van der Waals surface area contributed by atoms with Crippen LogP contribution in [-0.2, 0) is 14.8 Å². The van der Waals surface area contributed by atoms with E-state index in [4.69, 9.17) is 0 Å². The van der Waals surface area contributed by atoms with Crippen LogP contribution in [0.2, 0.25) is 0 Å². The molecule has 156 valence electrons. The van der Waals surface area contributed by atoms with Crippen molar-refractivity contribution in [2.24, 2.45) is 0 Å². The lowest BCUT2D eigenvalue weighted by molar-refractivity contribution is -0.116. The molecule has 0 saturated carbocycles. The van der Waals surface area contributed by atoms with Crippen molar-refractivity contribution in [1.82, 2.24) is 4.72 Å². The molecule has 2 N–H and O–H groups in total. The molecular formula is C22H21FN2O3S2. The van der Waals surface area contributed by atoms with Crippen molar-refractivity contribution in [3.05, 3.63) is 90.2 Å². The second kappa shape index (κ2) is 9.88. The fraction of sp³-hybridized carbons (Fsp3) is 0.136. The van der Waals surface area contributed by atoms with Crippen molar-refractivity contribution in [3.63, 3.8) is 0 Å². The van der Waals surface area contributed by atoms with Crippen LogP contribution in [0.3, 0.4) is 0 Å². The van der Waals surface area contributed by atoms with E-state index in [-0.39, 0.29) is 12.3 Å². The molecular weight excluding hydrogens is 423 g/mol. The molecule has 0 radical (unpaired) electrons. The Hall–Kier alpha value is -2.68. The van der Waals surface area contributed by atoms with Gasteiger partial charge in [0.15, 0.2) is 0 Å². The predicted octanol–water partition coefficient (Wildman–Crippen LogP) is 4.60. The van der Waals surface area contributed by atoms with E-state index in [1.165, 1.54) is 36.0 Å². The van der Waals surface area contributed by atoms with E-state index in [1.807, 2.05) is 48.5 Å². The highest BCUT2D eigenvalue weighted by Gasteiger charge is 2.20. The average Bonchev–Trinajstić information content (AvgIpc) is 2.69. The van der Waals surface area contributed by atoms with E-state index in [0.29, 0.717) is 11.3 Å². The summed E-state index contributed by atoms with van der Waals surface area (Å²) in [6, 6.07) is 21.7.